The smallest absolute Gasteiger partial charge is 0.327 e. The van der Waals surface area contributed by atoms with Gasteiger partial charge in [-0.1, -0.05) is 34.3 Å². The normalized spacial score (nSPS) is 9.17. The molecule has 0 fully saturated rings. The number of carboxylic acid groups (broad SMARTS) is 1. The SMILES string of the molecule is C=CC(=O)O.CC(C)NC(C)C. The van der Waals surface area contributed by atoms with E-state index in [-0.39, 0.29) is 0 Å². The fourth-order valence-electron chi connectivity index (χ4n) is 0.667. The van der Waals surface area contributed by atoms with E-state index < -0.39 is 5.97 Å². The maximum atomic E-state index is 9.25. The van der Waals surface area contributed by atoms with Crippen LogP contribution in [-0.4, -0.2) is 23.2 Å². The molecule has 0 aromatic carbocycles. The van der Waals surface area contributed by atoms with Gasteiger partial charge in [0.1, 0.15) is 0 Å². The lowest BCUT2D eigenvalue weighted by Crippen LogP contribution is -2.29. The molecule has 0 bridgehead atoms. The third-order valence-electron chi connectivity index (χ3n) is 0.841. The lowest BCUT2D eigenvalue weighted by atomic mass is 10.3. The van der Waals surface area contributed by atoms with Crippen LogP contribution in [-0.2, 0) is 4.79 Å². The highest BCUT2D eigenvalue weighted by atomic mass is 16.4. The molecule has 0 amide bonds. The first-order valence-corrected chi connectivity index (χ1v) is 4.01. The Morgan fingerprint density at radius 1 is 1.33 bits per heavy atom. The van der Waals surface area contributed by atoms with Crippen LogP contribution in [0.1, 0.15) is 27.7 Å². The van der Waals surface area contributed by atoms with Crippen molar-refractivity contribution in [1.29, 1.82) is 0 Å². The average Bonchev–Trinajstić information content (AvgIpc) is 1.85. The summed E-state index contributed by atoms with van der Waals surface area (Å²) >= 11 is 0. The number of hydrogen-bond donors (Lipinski definition) is 2. The summed E-state index contributed by atoms with van der Waals surface area (Å²) < 4.78 is 0. The zero-order chi connectivity index (χ0) is 10.1. The molecule has 12 heavy (non-hydrogen) atoms. The Labute approximate surface area is 74.5 Å². The van der Waals surface area contributed by atoms with Crippen LogP contribution in [0, 0.1) is 0 Å². The van der Waals surface area contributed by atoms with Crippen LogP contribution in [0.25, 0.3) is 0 Å². The van der Waals surface area contributed by atoms with Crippen molar-refractivity contribution >= 4 is 5.97 Å². The van der Waals surface area contributed by atoms with Gasteiger partial charge in [-0.3, -0.25) is 0 Å². The second kappa shape index (κ2) is 8.27. The van der Waals surface area contributed by atoms with Crippen LogP contribution in [0.3, 0.4) is 0 Å². The summed E-state index contributed by atoms with van der Waals surface area (Å²) in [5.41, 5.74) is 0. The van der Waals surface area contributed by atoms with Gasteiger partial charge in [-0.25, -0.2) is 4.79 Å². The van der Waals surface area contributed by atoms with E-state index in [1.54, 1.807) is 0 Å². The number of nitrogens with one attached hydrogen (secondary N) is 1. The Kier molecular flexibility index (Phi) is 9.47. The van der Waals surface area contributed by atoms with Crippen molar-refractivity contribution < 1.29 is 9.90 Å². The Morgan fingerprint density at radius 2 is 1.58 bits per heavy atom. The number of carboxylic acids is 1. The predicted molar refractivity (Wildman–Crippen MR) is 51.2 cm³/mol. The van der Waals surface area contributed by atoms with Crippen LogP contribution in [0.5, 0.6) is 0 Å². The lowest BCUT2D eigenvalue weighted by Gasteiger charge is -2.10. The molecule has 0 radical (unpaired) electrons. The maximum Gasteiger partial charge on any atom is 0.327 e. The molecule has 0 aromatic rings. The van der Waals surface area contributed by atoms with E-state index in [0.29, 0.717) is 12.1 Å². The molecule has 2 N–H and O–H groups in total. The number of aliphatic carboxylic acids is 1. The summed E-state index contributed by atoms with van der Waals surface area (Å²) in [6.45, 7) is 11.6. The van der Waals surface area contributed by atoms with E-state index >= 15 is 0 Å². The highest BCUT2D eigenvalue weighted by Crippen LogP contribution is 1.80. The fraction of sp³-hybridized carbons (Fsp3) is 0.667. The van der Waals surface area contributed by atoms with Crippen LogP contribution in [0.4, 0.5) is 0 Å². The van der Waals surface area contributed by atoms with Crippen LogP contribution >= 0.6 is 0 Å². The third kappa shape index (κ3) is 22.9. The summed E-state index contributed by atoms with van der Waals surface area (Å²) in [6, 6.07) is 1.25. The highest BCUT2D eigenvalue weighted by molar-refractivity contribution is 5.78. The minimum Gasteiger partial charge on any atom is -0.478 e. The summed E-state index contributed by atoms with van der Waals surface area (Å²) in [5.74, 6) is -0.981. The molecule has 0 rings (SSSR count). The van der Waals surface area contributed by atoms with Gasteiger partial charge >= 0.3 is 5.97 Å². The molecule has 0 spiro atoms. The Morgan fingerprint density at radius 3 is 1.58 bits per heavy atom. The second-order valence-electron chi connectivity index (χ2n) is 3.02. The zero-order valence-electron chi connectivity index (χ0n) is 8.29. The standard InChI is InChI=1S/C6H15N.C3H4O2/c1-5(2)7-6(3)4;1-2-3(4)5/h5-7H,1-4H3;2H,1H2,(H,4,5). The Balaban J connectivity index is 0. The van der Waals surface area contributed by atoms with E-state index in [2.05, 4.69) is 39.6 Å². The molecule has 0 atom stereocenters. The molecule has 72 valence electrons. The quantitative estimate of drug-likeness (QED) is 0.638. The second-order valence-corrected chi connectivity index (χ2v) is 3.02. The predicted octanol–water partition coefficient (Wildman–Crippen LogP) is 1.65. The molecule has 0 aliphatic heterocycles. The van der Waals surface area contributed by atoms with Crippen molar-refractivity contribution in [3.63, 3.8) is 0 Å². The number of carbonyl (C=O) groups is 1. The van der Waals surface area contributed by atoms with Crippen molar-refractivity contribution in [2.75, 3.05) is 0 Å². The molecular weight excluding hydrogens is 154 g/mol. The minimum atomic E-state index is -0.981. The van der Waals surface area contributed by atoms with Gasteiger partial charge in [0.15, 0.2) is 0 Å². The van der Waals surface area contributed by atoms with Gasteiger partial charge in [-0.15, -0.1) is 0 Å². The molecule has 3 nitrogen and oxygen atoms in total. The molecule has 0 aliphatic rings. The zero-order valence-corrected chi connectivity index (χ0v) is 8.29. The van der Waals surface area contributed by atoms with Gasteiger partial charge in [-0.2, -0.15) is 0 Å². The van der Waals surface area contributed by atoms with Crippen molar-refractivity contribution in [3.8, 4) is 0 Å². The van der Waals surface area contributed by atoms with E-state index in [0.717, 1.165) is 6.08 Å². The first-order chi connectivity index (χ1) is 5.40. The van der Waals surface area contributed by atoms with Gasteiger partial charge in [0.05, 0.1) is 0 Å². The Bertz CT molecular complexity index is 124. The summed E-state index contributed by atoms with van der Waals surface area (Å²) in [4.78, 5) is 9.25. The lowest BCUT2D eigenvalue weighted by molar-refractivity contribution is -0.131. The first kappa shape index (κ1) is 13.7. The first-order valence-electron chi connectivity index (χ1n) is 4.01. The fourth-order valence-corrected chi connectivity index (χ4v) is 0.667. The number of rotatable bonds is 3. The largest absolute Gasteiger partial charge is 0.478 e. The van der Waals surface area contributed by atoms with E-state index in [4.69, 9.17) is 5.11 Å². The summed E-state index contributed by atoms with van der Waals surface area (Å²) in [6.07, 6.45) is 0.833. The maximum absolute atomic E-state index is 9.25. The van der Waals surface area contributed by atoms with Crippen molar-refractivity contribution in [1.82, 2.24) is 5.32 Å². The average molecular weight is 173 g/mol. The molecule has 0 saturated carbocycles. The summed E-state index contributed by atoms with van der Waals surface area (Å²) in [5, 5.41) is 10.9. The van der Waals surface area contributed by atoms with Crippen LogP contribution < -0.4 is 5.32 Å². The topological polar surface area (TPSA) is 49.3 Å². The third-order valence-corrected chi connectivity index (χ3v) is 0.841. The van der Waals surface area contributed by atoms with Gasteiger partial charge < -0.3 is 10.4 Å². The van der Waals surface area contributed by atoms with Gasteiger partial charge in [0.25, 0.3) is 0 Å². The molecule has 3 heteroatoms. The molecular formula is C9H19NO2. The van der Waals surface area contributed by atoms with E-state index in [1.807, 2.05) is 0 Å². The summed E-state index contributed by atoms with van der Waals surface area (Å²) in [7, 11) is 0. The van der Waals surface area contributed by atoms with Gasteiger partial charge in [-0.05, 0) is 0 Å². The van der Waals surface area contributed by atoms with Crippen LogP contribution in [0.2, 0.25) is 0 Å². The van der Waals surface area contributed by atoms with Crippen molar-refractivity contribution in [2.45, 2.75) is 39.8 Å². The van der Waals surface area contributed by atoms with Crippen molar-refractivity contribution in [3.05, 3.63) is 12.7 Å². The van der Waals surface area contributed by atoms with Crippen molar-refractivity contribution in [2.24, 2.45) is 0 Å². The minimum absolute atomic E-state index is 0.625. The van der Waals surface area contributed by atoms with E-state index in [9.17, 15) is 4.79 Å². The molecule has 0 saturated heterocycles. The van der Waals surface area contributed by atoms with Gasteiger partial charge in [0.2, 0.25) is 0 Å². The highest BCUT2D eigenvalue weighted by Gasteiger charge is 1.92. The van der Waals surface area contributed by atoms with Gasteiger partial charge in [0, 0.05) is 18.2 Å². The number of hydrogen-bond acceptors (Lipinski definition) is 2. The van der Waals surface area contributed by atoms with Crippen LogP contribution in [0.15, 0.2) is 12.7 Å². The Hall–Kier alpha value is -0.830. The molecule has 0 aliphatic carbocycles. The molecule has 0 unspecified atom stereocenters. The molecule has 0 aromatic heterocycles. The monoisotopic (exact) mass is 173 g/mol. The van der Waals surface area contributed by atoms with E-state index in [1.165, 1.54) is 0 Å². The molecule has 0 heterocycles.